The number of anilines is 1. The highest BCUT2D eigenvalue weighted by Crippen LogP contribution is 2.23. The van der Waals surface area contributed by atoms with Crippen LogP contribution in [0.25, 0.3) is 5.69 Å². The van der Waals surface area contributed by atoms with E-state index < -0.39 is 0 Å². The van der Waals surface area contributed by atoms with Gasteiger partial charge in [-0.2, -0.15) is 9.47 Å². The molecule has 0 fully saturated rings. The van der Waals surface area contributed by atoms with Crippen LogP contribution in [0.5, 0.6) is 0 Å². The van der Waals surface area contributed by atoms with Crippen molar-refractivity contribution in [3.05, 3.63) is 53.1 Å². The second-order valence-corrected chi connectivity index (χ2v) is 7.47. The van der Waals surface area contributed by atoms with E-state index in [1.165, 1.54) is 17.7 Å². The molecule has 3 rings (SSSR count). The molecule has 0 aliphatic heterocycles. The Hall–Kier alpha value is -2.25. The third kappa shape index (κ3) is 3.63. The van der Waals surface area contributed by atoms with Gasteiger partial charge in [0.05, 0.1) is 17.4 Å². The Bertz CT molecular complexity index is 863. The van der Waals surface area contributed by atoms with Crippen LogP contribution in [0, 0.1) is 0 Å². The topological polar surface area (TPSA) is 72.7 Å². The standard InChI is InChI=1S/C16H16ClN5OS/c1-16(2,3)14-20-15(24-21-14)19-13(23)10-8-18-22(9-10)12-6-4-11(17)5-7-12/h4-9H,1-3H3,(H,19,20,21,23). The largest absolute Gasteiger partial charge is 0.296 e. The van der Waals surface area contributed by atoms with Crippen LogP contribution in [0.3, 0.4) is 0 Å². The summed E-state index contributed by atoms with van der Waals surface area (Å²) in [4.78, 5) is 16.7. The molecule has 1 aromatic carbocycles. The van der Waals surface area contributed by atoms with Crippen LogP contribution in [0.1, 0.15) is 37.0 Å². The highest BCUT2D eigenvalue weighted by Gasteiger charge is 2.20. The summed E-state index contributed by atoms with van der Waals surface area (Å²) in [5.74, 6) is 0.437. The second-order valence-electron chi connectivity index (χ2n) is 6.28. The van der Waals surface area contributed by atoms with E-state index in [0.717, 1.165) is 5.69 Å². The molecule has 2 heterocycles. The van der Waals surface area contributed by atoms with Crippen LogP contribution < -0.4 is 5.32 Å². The number of benzene rings is 1. The lowest BCUT2D eigenvalue weighted by atomic mass is 9.96. The summed E-state index contributed by atoms with van der Waals surface area (Å²) in [7, 11) is 0. The summed E-state index contributed by atoms with van der Waals surface area (Å²) >= 11 is 7.04. The molecule has 0 radical (unpaired) electrons. The fraction of sp³-hybridized carbons (Fsp3) is 0.250. The number of halogens is 1. The van der Waals surface area contributed by atoms with Crippen LogP contribution >= 0.6 is 23.1 Å². The van der Waals surface area contributed by atoms with E-state index in [2.05, 4.69) is 19.8 Å². The molecular formula is C16H16ClN5OS. The lowest BCUT2D eigenvalue weighted by Gasteiger charge is -2.12. The van der Waals surface area contributed by atoms with Crippen molar-refractivity contribution in [3.8, 4) is 5.69 Å². The SMILES string of the molecule is CC(C)(C)c1nsc(NC(=O)c2cnn(-c3ccc(Cl)cc3)c2)n1. The zero-order valence-corrected chi connectivity index (χ0v) is 15.0. The Labute approximate surface area is 148 Å². The van der Waals surface area contributed by atoms with E-state index in [-0.39, 0.29) is 11.3 Å². The van der Waals surface area contributed by atoms with Crippen LogP contribution in [0.15, 0.2) is 36.7 Å². The van der Waals surface area contributed by atoms with Crippen molar-refractivity contribution in [1.29, 1.82) is 0 Å². The van der Waals surface area contributed by atoms with Gasteiger partial charge in [0.1, 0.15) is 5.82 Å². The molecule has 0 aliphatic rings. The van der Waals surface area contributed by atoms with Crippen molar-refractivity contribution in [2.24, 2.45) is 0 Å². The van der Waals surface area contributed by atoms with Gasteiger partial charge in [0.25, 0.3) is 5.91 Å². The number of nitrogens with zero attached hydrogens (tertiary/aromatic N) is 4. The van der Waals surface area contributed by atoms with Crippen LogP contribution in [-0.4, -0.2) is 25.0 Å². The summed E-state index contributed by atoms with van der Waals surface area (Å²) in [6.45, 7) is 6.07. The van der Waals surface area contributed by atoms with Crippen molar-refractivity contribution in [2.75, 3.05) is 5.32 Å². The minimum atomic E-state index is -0.271. The molecule has 1 N–H and O–H groups in total. The molecule has 124 valence electrons. The van der Waals surface area contributed by atoms with Gasteiger partial charge in [0, 0.05) is 28.2 Å². The smallest absolute Gasteiger partial charge is 0.260 e. The number of carbonyl (C=O) groups is 1. The number of hydrogen-bond donors (Lipinski definition) is 1. The Morgan fingerprint density at radius 2 is 1.96 bits per heavy atom. The van der Waals surface area contributed by atoms with Crippen LogP contribution in [0.4, 0.5) is 5.13 Å². The van der Waals surface area contributed by atoms with Gasteiger partial charge in [-0.3, -0.25) is 10.1 Å². The van der Waals surface area contributed by atoms with Gasteiger partial charge >= 0.3 is 0 Å². The minimum absolute atomic E-state index is 0.154. The van der Waals surface area contributed by atoms with E-state index in [1.54, 1.807) is 23.0 Å². The first-order chi connectivity index (χ1) is 11.3. The average Bonchev–Trinajstić information content (AvgIpc) is 3.16. The van der Waals surface area contributed by atoms with Gasteiger partial charge in [0.15, 0.2) is 0 Å². The summed E-state index contributed by atoms with van der Waals surface area (Å²) in [5, 5.41) is 8.08. The van der Waals surface area contributed by atoms with Crippen LogP contribution in [0.2, 0.25) is 5.02 Å². The monoisotopic (exact) mass is 361 g/mol. The summed E-state index contributed by atoms with van der Waals surface area (Å²) in [6.07, 6.45) is 3.17. The minimum Gasteiger partial charge on any atom is -0.296 e. The van der Waals surface area contributed by atoms with E-state index in [1.807, 2.05) is 32.9 Å². The van der Waals surface area contributed by atoms with E-state index >= 15 is 0 Å². The molecule has 24 heavy (non-hydrogen) atoms. The van der Waals surface area contributed by atoms with Crippen molar-refractivity contribution in [2.45, 2.75) is 26.2 Å². The zero-order chi connectivity index (χ0) is 17.3. The number of nitrogens with one attached hydrogen (secondary N) is 1. The lowest BCUT2D eigenvalue weighted by molar-refractivity contribution is 0.102. The summed E-state index contributed by atoms with van der Waals surface area (Å²) in [5.41, 5.74) is 1.11. The average molecular weight is 362 g/mol. The predicted molar refractivity (Wildman–Crippen MR) is 95.1 cm³/mol. The maximum absolute atomic E-state index is 12.3. The van der Waals surface area contributed by atoms with Gasteiger partial charge < -0.3 is 0 Å². The molecule has 0 spiro atoms. The maximum atomic E-state index is 12.3. The normalized spacial score (nSPS) is 11.5. The first kappa shape index (κ1) is 16.6. The van der Waals surface area contributed by atoms with E-state index in [9.17, 15) is 4.79 Å². The quantitative estimate of drug-likeness (QED) is 0.767. The van der Waals surface area contributed by atoms with Crippen molar-refractivity contribution < 1.29 is 4.79 Å². The van der Waals surface area contributed by atoms with Crippen molar-refractivity contribution >= 4 is 34.2 Å². The van der Waals surface area contributed by atoms with E-state index in [0.29, 0.717) is 21.5 Å². The first-order valence-electron chi connectivity index (χ1n) is 7.29. The van der Waals surface area contributed by atoms with Gasteiger partial charge in [-0.05, 0) is 24.3 Å². The fourth-order valence-corrected chi connectivity index (χ4v) is 2.80. The Balaban J connectivity index is 1.74. The van der Waals surface area contributed by atoms with Crippen molar-refractivity contribution in [3.63, 3.8) is 0 Å². The predicted octanol–water partition coefficient (Wildman–Crippen LogP) is 3.93. The molecule has 6 nitrogen and oxygen atoms in total. The molecule has 0 saturated heterocycles. The molecule has 8 heteroatoms. The Morgan fingerprint density at radius 3 is 2.58 bits per heavy atom. The fourth-order valence-electron chi connectivity index (χ4n) is 1.92. The molecule has 0 saturated carbocycles. The third-order valence-corrected chi connectivity index (χ3v) is 4.14. The highest BCUT2D eigenvalue weighted by molar-refractivity contribution is 7.09. The maximum Gasteiger partial charge on any atom is 0.260 e. The number of aromatic nitrogens is 4. The summed E-state index contributed by atoms with van der Waals surface area (Å²) < 4.78 is 5.89. The highest BCUT2D eigenvalue weighted by atomic mass is 35.5. The molecule has 1 amide bonds. The Morgan fingerprint density at radius 1 is 1.25 bits per heavy atom. The number of carbonyl (C=O) groups excluding carboxylic acids is 1. The number of amides is 1. The first-order valence-corrected chi connectivity index (χ1v) is 8.44. The molecule has 0 aliphatic carbocycles. The van der Waals surface area contributed by atoms with Crippen molar-refractivity contribution in [1.82, 2.24) is 19.1 Å². The van der Waals surface area contributed by atoms with Gasteiger partial charge in [-0.1, -0.05) is 32.4 Å². The van der Waals surface area contributed by atoms with Gasteiger partial charge in [-0.15, -0.1) is 0 Å². The molecule has 0 atom stereocenters. The lowest BCUT2D eigenvalue weighted by Crippen LogP contribution is -2.14. The second kappa shape index (κ2) is 6.33. The zero-order valence-electron chi connectivity index (χ0n) is 13.4. The Kier molecular flexibility index (Phi) is 4.38. The number of rotatable bonds is 3. The third-order valence-electron chi connectivity index (χ3n) is 3.25. The summed E-state index contributed by atoms with van der Waals surface area (Å²) in [6, 6.07) is 7.20. The molecular weight excluding hydrogens is 346 g/mol. The molecule has 3 aromatic rings. The molecule has 2 aromatic heterocycles. The number of hydrogen-bond acceptors (Lipinski definition) is 5. The molecule has 0 unspecified atom stereocenters. The van der Waals surface area contributed by atoms with Gasteiger partial charge in [-0.25, -0.2) is 9.67 Å². The molecule has 0 bridgehead atoms. The van der Waals surface area contributed by atoms with Crippen LogP contribution in [-0.2, 0) is 5.41 Å². The van der Waals surface area contributed by atoms with Gasteiger partial charge in [0.2, 0.25) is 5.13 Å². The van der Waals surface area contributed by atoms with E-state index in [4.69, 9.17) is 11.6 Å².